The van der Waals surface area contributed by atoms with Crippen LogP contribution in [0.2, 0.25) is 0 Å². The van der Waals surface area contributed by atoms with Crippen LogP contribution in [0.25, 0.3) is 0 Å². The van der Waals surface area contributed by atoms with Crippen LogP contribution in [-0.4, -0.2) is 0 Å². The van der Waals surface area contributed by atoms with E-state index in [4.69, 9.17) is 10.5 Å². The van der Waals surface area contributed by atoms with Gasteiger partial charge in [-0.3, -0.25) is 0 Å². The zero-order chi connectivity index (χ0) is 14.8. The highest BCUT2D eigenvalue weighted by Gasteiger charge is 2.30. The van der Waals surface area contributed by atoms with Crippen LogP contribution in [0.15, 0.2) is 30.3 Å². The summed E-state index contributed by atoms with van der Waals surface area (Å²) in [6.07, 6.45) is -4.36. The van der Waals surface area contributed by atoms with Crippen molar-refractivity contribution >= 4 is 11.3 Å². The van der Waals surface area contributed by atoms with E-state index in [-0.39, 0.29) is 12.4 Å². The van der Waals surface area contributed by atoms with Gasteiger partial charge in [0.1, 0.15) is 12.4 Å². The normalized spacial score (nSPS) is 11.7. The number of nitrogens with two attached hydrogens (primary N) is 1. The molecule has 0 bridgehead atoms. The molecule has 2 nitrogen and oxygen atoms in total. The smallest absolute Gasteiger partial charge is 0.416 e. The van der Waals surface area contributed by atoms with Gasteiger partial charge in [-0.25, -0.2) is 0 Å². The molecule has 0 unspecified atom stereocenters. The van der Waals surface area contributed by atoms with Crippen molar-refractivity contribution < 1.29 is 17.9 Å². The molecule has 2 aromatic rings. The van der Waals surface area contributed by atoms with Crippen LogP contribution in [0.1, 0.15) is 20.9 Å². The van der Waals surface area contributed by atoms with Crippen LogP contribution in [0.5, 0.6) is 5.75 Å². The number of benzene rings is 1. The highest BCUT2D eigenvalue weighted by atomic mass is 32.1. The van der Waals surface area contributed by atoms with E-state index in [1.54, 1.807) is 11.3 Å². The number of ether oxygens (including phenoxy) is 1. The van der Waals surface area contributed by atoms with Gasteiger partial charge in [-0.2, -0.15) is 13.2 Å². The molecule has 20 heavy (non-hydrogen) atoms. The largest absolute Gasteiger partial charge is 0.489 e. The van der Waals surface area contributed by atoms with E-state index in [0.717, 1.165) is 27.5 Å². The van der Waals surface area contributed by atoms with E-state index in [2.05, 4.69) is 0 Å². The summed E-state index contributed by atoms with van der Waals surface area (Å²) in [6, 6.07) is 6.80. The fourth-order valence-electron chi connectivity index (χ4n) is 1.75. The number of halogens is 3. The van der Waals surface area contributed by atoms with E-state index in [1.807, 2.05) is 13.0 Å². The van der Waals surface area contributed by atoms with Crippen LogP contribution >= 0.6 is 11.3 Å². The SMILES string of the molecule is Cc1sc(CN)cc1COc1cccc(C(F)(F)F)c1. The molecule has 0 fully saturated rings. The topological polar surface area (TPSA) is 35.2 Å². The Morgan fingerprint density at radius 2 is 2.00 bits per heavy atom. The minimum atomic E-state index is -4.36. The van der Waals surface area contributed by atoms with E-state index in [1.165, 1.54) is 12.1 Å². The number of hydrogen-bond donors (Lipinski definition) is 1. The second-order valence-electron chi connectivity index (χ2n) is 4.31. The molecule has 0 saturated heterocycles. The predicted octanol–water partition coefficient (Wildman–Crippen LogP) is 4.11. The van der Waals surface area contributed by atoms with Gasteiger partial charge < -0.3 is 10.5 Å². The second-order valence-corrected chi connectivity index (χ2v) is 5.65. The van der Waals surface area contributed by atoms with Crippen molar-refractivity contribution in [3.05, 3.63) is 51.2 Å². The van der Waals surface area contributed by atoms with Gasteiger partial charge in [-0.15, -0.1) is 11.3 Å². The van der Waals surface area contributed by atoms with Crippen LogP contribution < -0.4 is 10.5 Å². The number of aryl methyl sites for hydroxylation is 1. The number of hydrogen-bond acceptors (Lipinski definition) is 3. The Morgan fingerprint density at radius 3 is 2.60 bits per heavy atom. The maximum Gasteiger partial charge on any atom is 0.416 e. The fraction of sp³-hybridized carbons (Fsp3) is 0.286. The summed E-state index contributed by atoms with van der Waals surface area (Å²) in [5, 5.41) is 0. The summed E-state index contributed by atoms with van der Waals surface area (Å²) in [7, 11) is 0. The van der Waals surface area contributed by atoms with Gasteiger partial charge in [0.15, 0.2) is 0 Å². The van der Waals surface area contributed by atoms with Gasteiger partial charge in [0, 0.05) is 21.9 Å². The molecule has 1 aromatic carbocycles. The van der Waals surface area contributed by atoms with Gasteiger partial charge in [0.25, 0.3) is 0 Å². The quantitative estimate of drug-likeness (QED) is 0.922. The highest BCUT2D eigenvalue weighted by Crippen LogP contribution is 2.31. The first-order chi connectivity index (χ1) is 9.40. The first-order valence-corrected chi connectivity index (χ1v) is 6.80. The van der Waals surface area contributed by atoms with Gasteiger partial charge in [0.05, 0.1) is 5.56 Å². The van der Waals surface area contributed by atoms with E-state index >= 15 is 0 Å². The molecule has 0 radical (unpaired) electrons. The average molecular weight is 301 g/mol. The Morgan fingerprint density at radius 1 is 1.25 bits per heavy atom. The van der Waals surface area contributed by atoms with E-state index in [0.29, 0.717) is 6.54 Å². The number of alkyl halides is 3. The highest BCUT2D eigenvalue weighted by molar-refractivity contribution is 7.12. The molecule has 0 spiro atoms. The average Bonchev–Trinajstić information content (AvgIpc) is 2.76. The van der Waals surface area contributed by atoms with Crippen molar-refractivity contribution in [2.75, 3.05) is 0 Å². The Labute approximate surface area is 119 Å². The van der Waals surface area contributed by atoms with Gasteiger partial charge in [-0.05, 0) is 31.2 Å². The van der Waals surface area contributed by atoms with E-state index in [9.17, 15) is 13.2 Å². The van der Waals surface area contributed by atoms with E-state index < -0.39 is 11.7 Å². The second kappa shape index (κ2) is 5.85. The lowest BCUT2D eigenvalue weighted by molar-refractivity contribution is -0.137. The lowest BCUT2D eigenvalue weighted by Crippen LogP contribution is -2.05. The molecule has 1 heterocycles. The van der Waals surface area contributed by atoms with Gasteiger partial charge in [-0.1, -0.05) is 6.07 Å². The summed E-state index contributed by atoms with van der Waals surface area (Å²) < 4.78 is 43.2. The molecular formula is C14H14F3NOS. The molecule has 6 heteroatoms. The summed E-state index contributed by atoms with van der Waals surface area (Å²) in [4.78, 5) is 2.10. The summed E-state index contributed by atoms with van der Waals surface area (Å²) in [5.74, 6) is 0.208. The molecule has 0 amide bonds. The van der Waals surface area contributed by atoms with Crippen LogP contribution in [-0.2, 0) is 19.3 Å². The lowest BCUT2D eigenvalue weighted by Gasteiger charge is -2.10. The van der Waals surface area contributed by atoms with Crippen LogP contribution in [0.3, 0.4) is 0 Å². The molecule has 0 aliphatic heterocycles. The number of rotatable bonds is 4. The summed E-state index contributed by atoms with van der Waals surface area (Å²) >= 11 is 1.57. The molecule has 0 atom stereocenters. The Balaban J connectivity index is 2.09. The monoisotopic (exact) mass is 301 g/mol. The Hall–Kier alpha value is -1.53. The van der Waals surface area contributed by atoms with Gasteiger partial charge >= 0.3 is 6.18 Å². The Kier molecular flexibility index (Phi) is 4.35. The van der Waals surface area contributed by atoms with Crippen molar-refractivity contribution in [2.24, 2.45) is 5.73 Å². The molecule has 1 aromatic heterocycles. The van der Waals surface area contributed by atoms with Crippen LogP contribution in [0.4, 0.5) is 13.2 Å². The fourth-order valence-corrected chi connectivity index (χ4v) is 2.68. The molecule has 2 rings (SSSR count). The van der Waals surface area contributed by atoms with Crippen molar-refractivity contribution in [2.45, 2.75) is 26.3 Å². The molecule has 0 aliphatic carbocycles. The molecular weight excluding hydrogens is 287 g/mol. The first kappa shape index (κ1) is 14.9. The van der Waals surface area contributed by atoms with Crippen molar-refractivity contribution in [3.8, 4) is 5.75 Å². The number of thiophene rings is 1. The minimum absolute atomic E-state index is 0.208. The van der Waals surface area contributed by atoms with Crippen LogP contribution in [0, 0.1) is 6.92 Å². The molecule has 0 aliphatic rings. The third-order valence-electron chi connectivity index (χ3n) is 2.83. The standard InChI is InChI=1S/C14H14F3NOS/c1-9-10(5-13(7-18)20-9)8-19-12-4-2-3-11(6-12)14(15,16)17/h2-6H,7-8,18H2,1H3. The Bertz CT molecular complexity index is 592. The minimum Gasteiger partial charge on any atom is -0.489 e. The lowest BCUT2D eigenvalue weighted by atomic mass is 10.2. The predicted molar refractivity (Wildman–Crippen MR) is 72.7 cm³/mol. The summed E-state index contributed by atoms with van der Waals surface area (Å²) in [6.45, 7) is 2.63. The third-order valence-corrected chi connectivity index (χ3v) is 3.94. The van der Waals surface area contributed by atoms with Crippen molar-refractivity contribution in [1.82, 2.24) is 0 Å². The van der Waals surface area contributed by atoms with Crippen molar-refractivity contribution in [1.29, 1.82) is 0 Å². The molecule has 0 saturated carbocycles. The maximum atomic E-state index is 12.6. The van der Waals surface area contributed by atoms with Crippen molar-refractivity contribution in [3.63, 3.8) is 0 Å². The third kappa shape index (κ3) is 3.52. The summed E-state index contributed by atoms with van der Waals surface area (Å²) in [5.41, 5.74) is 5.79. The zero-order valence-electron chi connectivity index (χ0n) is 10.8. The van der Waals surface area contributed by atoms with Gasteiger partial charge in [0.2, 0.25) is 0 Å². The molecule has 108 valence electrons. The zero-order valence-corrected chi connectivity index (χ0v) is 11.6. The maximum absolute atomic E-state index is 12.6. The molecule has 2 N–H and O–H groups in total. The first-order valence-electron chi connectivity index (χ1n) is 5.98.